The van der Waals surface area contributed by atoms with Crippen LogP contribution in [0.1, 0.15) is 6.92 Å². The molecule has 0 radical (unpaired) electrons. The highest BCUT2D eigenvalue weighted by Crippen LogP contribution is 2.04. The van der Waals surface area contributed by atoms with Gasteiger partial charge in [-0.05, 0) is 6.92 Å². The van der Waals surface area contributed by atoms with Crippen molar-refractivity contribution >= 4 is 5.95 Å². The van der Waals surface area contributed by atoms with Gasteiger partial charge in [0.1, 0.15) is 0 Å². The van der Waals surface area contributed by atoms with Crippen LogP contribution in [0.4, 0.5) is 5.95 Å². The van der Waals surface area contributed by atoms with E-state index in [1.807, 2.05) is 6.92 Å². The van der Waals surface area contributed by atoms with Crippen molar-refractivity contribution in [1.82, 2.24) is 9.97 Å². The second-order valence-corrected chi connectivity index (χ2v) is 1.69. The first-order valence-corrected chi connectivity index (χ1v) is 3.04. The lowest BCUT2D eigenvalue weighted by molar-refractivity contribution is 0.327. The van der Waals surface area contributed by atoms with Gasteiger partial charge in [-0.25, -0.2) is 4.98 Å². The number of nitrogens with two attached hydrogens (primary N) is 1. The molecule has 0 aliphatic carbocycles. The van der Waals surface area contributed by atoms with Crippen molar-refractivity contribution in [3.05, 3.63) is 12.3 Å². The second kappa shape index (κ2) is 3.00. The Morgan fingerprint density at radius 3 is 3.10 bits per heavy atom. The van der Waals surface area contributed by atoms with Gasteiger partial charge in [0, 0.05) is 12.3 Å². The molecule has 1 heterocycles. The normalized spacial score (nSPS) is 9.30. The number of rotatable bonds is 2. The average molecular weight is 139 g/mol. The number of nitrogens with zero attached hydrogens (tertiary/aromatic N) is 2. The van der Waals surface area contributed by atoms with Gasteiger partial charge in [0.05, 0.1) is 6.61 Å². The number of nitrogen functional groups attached to an aromatic ring is 1. The fourth-order valence-electron chi connectivity index (χ4n) is 0.585. The fourth-order valence-corrected chi connectivity index (χ4v) is 0.585. The van der Waals surface area contributed by atoms with Gasteiger partial charge in [-0.2, -0.15) is 4.98 Å². The smallest absolute Gasteiger partial charge is 0.223 e. The maximum Gasteiger partial charge on any atom is 0.223 e. The van der Waals surface area contributed by atoms with Gasteiger partial charge < -0.3 is 10.5 Å². The zero-order valence-corrected chi connectivity index (χ0v) is 5.74. The molecule has 2 N–H and O–H groups in total. The molecule has 0 fully saturated rings. The molecule has 1 rings (SSSR count). The second-order valence-electron chi connectivity index (χ2n) is 1.69. The maximum absolute atomic E-state index is 5.29. The number of anilines is 1. The summed E-state index contributed by atoms with van der Waals surface area (Å²) in [6.07, 6.45) is 1.56. The van der Waals surface area contributed by atoms with Crippen LogP contribution >= 0.6 is 0 Å². The summed E-state index contributed by atoms with van der Waals surface area (Å²) < 4.78 is 5.06. The predicted molar refractivity (Wildman–Crippen MR) is 37.6 cm³/mol. The summed E-state index contributed by atoms with van der Waals surface area (Å²) in [5, 5.41) is 0. The van der Waals surface area contributed by atoms with Gasteiger partial charge in [-0.15, -0.1) is 0 Å². The molecule has 4 heteroatoms. The van der Waals surface area contributed by atoms with Gasteiger partial charge in [-0.3, -0.25) is 0 Å². The third-order valence-electron chi connectivity index (χ3n) is 0.941. The molecule has 1 aromatic rings. The summed E-state index contributed by atoms with van der Waals surface area (Å²) in [5.74, 6) is 0.765. The topological polar surface area (TPSA) is 61.0 Å². The highest BCUT2D eigenvalue weighted by molar-refractivity contribution is 5.20. The SMILES string of the molecule is CCOc1ccnc(N)n1. The maximum atomic E-state index is 5.29. The van der Waals surface area contributed by atoms with Crippen LogP contribution in [0.2, 0.25) is 0 Å². The molecule has 0 bridgehead atoms. The average Bonchev–Trinajstić information content (AvgIpc) is 1.88. The Bertz CT molecular complexity index is 214. The van der Waals surface area contributed by atoms with E-state index in [-0.39, 0.29) is 5.95 Å². The Labute approximate surface area is 59.1 Å². The molecule has 0 saturated carbocycles. The predicted octanol–water partition coefficient (Wildman–Crippen LogP) is 0.457. The van der Waals surface area contributed by atoms with Crippen molar-refractivity contribution in [3.63, 3.8) is 0 Å². The van der Waals surface area contributed by atoms with E-state index in [2.05, 4.69) is 9.97 Å². The van der Waals surface area contributed by atoms with Crippen LogP contribution in [-0.4, -0.2) is 16.6 Å². The van der Waals surface area contributed by atoms with Crippen molar-refractivity contribution in [3.8, 4) is 5.88 Å². The zero-order valence-electron chi connectivity index (χ0n) is 5.74. The van der Waals surface area contributed by atoms with Crippen LogP contribution in [0.25, 0.3) is 0 Å². The lowest BCUT2D eigenvalue weighted by Gasteiger charge is -1.99. The highest BCUT2D eigenvalue weighted by atomic mass is 16.5. The van der Waals surface area contributed by atoms with Crippen molar-refractivity contribution in [2.45, 2.75) is 6.92 Å². The number of hydrogen-bond acceptors (Lipinski definition) is 4. The van der Waals surface area contributed by atoms with Gasteiger partial charge in [-0.1, -0.05) is 0 Å². The van der Waals surface area contributed by atoms with Gasteiger partial charge in [0.25, 0.3) is 0 Å². The van der Waals surface area contributed by atoms with Crippen molar-refractivity contribution in [2.75, 3.05) is 12.3 Å². The molecule has 0 atom stereocenters. The fraction of sp³-hybridized carbons (Fsp3) is 0.333. The molecule has 0 aliphatic rings. The van der Waals surface area contributed by atoms with E-state index in [0.29, 0.717) is 12.5 Å². The molecule has 10 heavy (non-hydrogen) atoms. The summed E-state index contributed by atoms with van der Waals surface area (Å²) in [6.45, 7) is 2.48. The third kappa shape index (κ3) is 1.58. The molecule has 0 aromatic carbocycles. The Kier molecular flexibility index (Phi) is 2.04. The minimum Gasteiger partial charge on any atom is -0.478 e. The molecule has 0 amide bonds. The van der Waals surface area contributed by atoms with Crippen LogP contribution in [0.5, 0.6) is 5.88 Å². The molecule has 0 unspecified atom stereocenters. The van der Waals surface area contributed by atoms with E-state index < -0.39 is 0 Å². The quantitative estimate of drug-likeness (QED) is 0.646. The summed E-state index contributed by atoms with van der Waals surface area (Å²) in [7, 11) is 0. The standard InChI is InChI=1S/C6H9N3O/c1-2-10-5-3-4-8-6(7)9-5/h3-4H,2H2,1H3,(H2,7,8,9). The van der Waals surface area contributed by atoms with E-state index >= 15 is 0 Å². The van der Waals surface area contributed by atoms with E-state index in [1.165, 1.54) is 0 Å². The molecule has 0 aliphatic heterocycles. The van der Waals surface area contributed by atoms with Crippen molar-refractivity contribution < 1.29 is 4.74 Å². The third-order valence-corrected chi connectivity index (χ3v) is 0.941. The van der Waals surface area contributed by atoms with Gasteiger partial charge in [0.15, 0.2) is 0 Å². The minimum absolute atomic E-state index is 0.242. The Hall–Kier alpha value is -1.32. The molecule has 0 saturated heterocycles. The molecular formula is C6H9N3O. The summed E-state index contributed by atoms with van der Waals surface area (Å²) in [5.41, 5.74) is 5.29. The summed E-state index contributed by atoms with van der Waals surface area (Å²) in [4.78, 5) is 7.52. The molecule has 54 valence electrons. The van der Waals surface area contributed by atoms with Crippen molar-refractivity contribution in [1.29, 1.82) is 0 Å². The Morgan fingerprint density at radius 2 is 2.50 bits per heavy atom. The Balaban J connectivity index is 2.75. The number of hydrogen-bond donors (Lipinski definition) is 1. The van der Waals surface area contributed by atoms with Crippen molar-refractivity contribution in [2.24, 2.45) is 0 Å². The van der Waals surface area contributed by atoms with E-state index in [1.54, 1.807) is 12.3 Å². The van der Waals surface area contributed by atoms with E-state index in [4.69, 9.17) is 10.5 Å². The summed E-state index contributed by atoms with van der Waals surface area (Å²) >= 11 is 0. The molecular weight excluding hydrogens is 130 g/mol. The lowest BCUT2D eigenvalue weighted by Crippen LogP contribution is -1.98. The molecule has 1 aromatic heterocycles. The lowest BCUT2D eigenvalue weighted by atomic mass is 10.6. The van der Waals surface area contributed by atoms with Crippen LogP contribution < -0.4 is 10.5 Å². The van der Waals surface area contributed by atoms with Crippen LogP contribution in [0, 0.1) is 0 Å². The van der Waals surface area contributed by atoms with Crippen LogP contribution in [0.3, 0.4) is 0 Å². The van der Waals surface area contributed by atoms with Gasteiger partial charge in [0.2, 0.25) is 11.8 Å². The number of aromatic nitrogens is 2. The van der Waals surface area contributed by atoms with E-state index in [9.17, 15) is 0 Å². The Morgan fingerprint density at radius 1 is 1.70 bits per heavy atom. The number of ether oxygens (including phenoxy) is 1. The van der Waals surface area contributed by atoms with Crippen LogP contribution in [0.15, 0.2) is 12.3 Å². The van der Waals surface area contributed by atoms with Crippen LogP contribution in [-0.2, 0) is 0 Å². The first-order valence-electron chi connectivity index (χ1n) is 3.04. The first kappa shape index (κ1) is 6.80. The monoisotopic (exact) mass is 139 g/mol. The first-order chi connectivity index (χ1) is 4.83. The summed E-state index contributed by atoms with van der Waals surface area (Å²) in [6, 6.07) is 1.67. The van der Waals surface area contributed by atoms with E-state index in [0.717, 1.165) is 0 Å². The molecule has 4 nitrogen and oxygen atoms in total. The minimum atomic E-state index is 0.242. The molecule has 0 spiro atoms. The largest absolute Gasteiger partial charge is 0.478 e. The van der Waals surface area contributed by atoms with Gasteiger partial charge >= 0.3 is 0 Å². The zero-order chi connectivity index (χ0) is 7.40. The highest BCUT2D eigenvalue weighted by Gasteiger charge is 1.92.